The highest BCUT2D eigenvalue weighted by atomic mass is 32.2. The van der Waals surface area contributed by atoms with Crippen LogP contribution < -0.4 is 5.32 Å². The molecule has 1 unspecified atom stereocenters. The van der Waals surface area contributed by atoms with Crippen LogP contribution in [0.1, 0.15) is 78.2 Å². The van der Waals surface area contributed by atoms with E-state index in [1.807, 2.05) is 19.1 Å². The molecule has 1 aromatic carbocycles. The second-order valence-corrected chi connectivity index (χ2v) is 10.4. The fourth-order valence-electron chi connectivity index (χ4n) is 4.38. The Balaban J connectivity index is 0.00000225. The van der Waals surface area contributed by atoms with Gasteiger partial charge in [0.25, 0.3) is 0 Å². The predicted molar refractivity (Wildman–Crippen MR) is 125 cm³/mol. The number of sulfonamides is 1. The Morgan fingerprint density at radius 1 is 0.967 bits per heavy atom. The molecule has 30 heavy (non-hydrogen) atoms. The van der Waals surface area contributed by atoms with Gasteiger partial charge in [-0.2, -0.15) is 4.31 Å². The summed E-state index contributed by atoms with van der Waals surface area (Å²) < 4.78 is 27.5. The Morgan fingerprint density at radius 3 is 2.20 bits per heavy atom. The lowest BCUT2D eigenvalue weighted by Crippen LogP contribution is -2.44. The summed E-state index contributed by atoms with van der Waals surface area (Å²) in [7, 11) is -3.46. The molecule has 1 aliphatic heterocycles. The number of carbonyl (C=O) groups is 1. The molecule has 1 amide bonds. The summed E-state index contributed by atoms with van der Waals surface area (Å²) in [6, 6.07) is 7.04. The first-order valence-electron chi connectivity index (χ1n) is 10.8. The molecule has 0 aromatic heterocycles. The molecule has 1 saturated heterocycles. The van der Waals surface area contributed by atoms with Crippen molar-refractivity contribution in [3.8, 4) is 0 Å². The normalized spacial score (nSPS) is 21.4. The van der Waals surface area contributed by atoms with Gasteiger partial charge in [-0.15, -0.1) is 0 Å². The van der Waals surface area contributed by atoms with Crippen LogP contribution in [0.5, 0.6) is 0 Å². The average molecular weight is 439 g/mol. The summed E-state index contributed by atoms with van der Waals surface area (Å²) >= 11 is 0. The van der Waals surface area contributed by atoms with Crippen LogP contribution in [-0.4, -0.2) is 38.3 Å². The lowest BCUT2D eigenvalue weighted by Gasteiger charge is -2.32. The molecule has 5 nitrogen and oxygen atoms in total. The molecule has 6 heteroatoms. The van der Waals surface area contributed by atoms with Gasteiger partial charge in [-0.25, -0.2) is 8.42 Å². The first kappa shape index (κ1) is 26.6. The summed E-state index contributed by atoms with van der Waals surface area (Å²) in [6.45, 7) is 3.58. The van der Waals surface area contributed by atoms with E-state index >= 15 is 0 Å². The smallest absolute Gasteiger partial charge is 0.243 e. The van der Waals surface area contributed by atoms with Crippen LogP contribution >= 0.6 is 0 Å². The van der Waals surface area contributed by atoms with Crippen LogP contribution in [-0.2, 0) is 14.8 Å². The molecular weight excluding hydrogens is 396 g/mol. The van der Waals surface area contributed by atoms with Crippen molar-refractivity contribution in [2.24, 2.45) is 11.8 Å². The van der Waals surface area contributed by atoms with Crippen molar-refractivity contribution in [2.45, 2.75) is 84.5 Å². The molecule has 1 aliphatic carbocycles. The van der Waals surface area contributed by atoms with Crippen molar-refractivity contribution in [1.29, 1.82) is 0 Å². The third-order valence-corrected chi connectivity index (χ3v) is 8.06. The number of benzene rings is 1. The minimum Gasteiger partial charge on any atom is -0.356 e. The van der Waals surface area contributed by atoms with E-state index in [-0.39, 0.29) is 32.6 Å². The maximum atomic E-state index is 12.9. The molecule has 2 aliphatic rings. The molecule has 1 heterocycles. The number of rotatable bonds is 5. The van der Waals surface area contributed by atoms with Crippen molar-refractivity contribution in [1.82, 2.24) is 9.62 Å². The second-order valence-electron chi connectivity index (χ2n) is 8.47. The van der Waals surface area contributed by atoms with E-state index in [9.17, 15) is 13.2 Å². The van der Waals surface area contributed by atoms with Crippen LogP contribution in [0.3, 0.4) is 0 Å². The summed E-state index contributed by atoms with van der Waals surface area (Å²) in [5.41, 5.74) is 1.05. The summed E-state index contributed by atoms with van der Waals surface area (Å²) in [5, 5.41) is 3.13. The largest absolute Gasteiger partial charge is 0.356 e. The first-order valence-corrected chi connectivity index (χ1v) is 12.3. The van der Waals surface area contributed by atoms with E-state index in [1.165, 1.54) is 19.3 Å². The average Bonchev–Trinajstić information content (AvgIpc) is 2.66. The number of aryl methyl sites for hydroxylation is 1. The highest BCUT2D eigenvalue weighted by Crippen LogP contribution is 2.25. The monoisotopic (exact) mass is 438 g/mol. The van der Waals surface area contributed by atoms with Gasteiger partial charge >= 0.3 is 0 Å². The number of hydrogen-bond donors (Lipinski definition) is 1. The number of nitrogens with one attached hydrogen (secondary N) is 1. The fraction of sp³-hybridized carbons (Fsp3) is 0.708. The van der Waals surface area contributed by atoms with Gasteiger partial charge in [-0.05, 0) is 50.7 Å². The molecule has 1 N–H and O–H groups in total. The molecular formula is C24H42N2O3S. The first-order chi connectivity index (χ1) is 13.5. The van der Waals surface area contributed by atoms with Gasteiger partial charge in [-0.3, -0.25) is 4.79 Å². The summed E-state index contributed by atoms with van der Waals surface area (Å²) in [6.07, 6.45) is 9.83. The molecule has 3 rings (SSSR count). The standard InChI is InChI=1S/C22H34N2O3S.2CH4/c1-18-11-13-21(14-12-18)28(26,27)24-15-7-8-19(17-24)16-23-22(25)20-9-5-3-2-4-6-10-20;;/h11-14,19-20H,2-10,15-17H2,1H3,(H,23,25);2*1H4. The Kier molecular flexibility index (Phi) is 11.1. The zero-order valence-corrected chi connectivity index (χ0v) is 17.8. The minimum atomic E-state index is -3.46. The van der Waals surface area contributed by atoms with Crippen LogP contribution in [0.25, 0.3) is 0 Å². The predicted octanol–water partition coefficient (Wildman–Crippen LogP) is 5.14. The second kappa shape index (κ2) is 12.5. The van der Waals surface area contributed by atoms with Crippen molar-refractivity contribution in [3.63, 3.8) is 0 Å². The molecule has 1 atom stereocenters. The lowest BCUT2D eigenvalue weighted by atomic mass is 9.90. The van der Waals surface area contributed by atoms with Crippen molar-refractivity contribution in [3.05, 3.63) is 29.8 Å². The van der Waals surface area contributed by atoms with E-state index in [1.54, 1.807) is 16.4 Å². The van der Waals surface area contributed by atoms with Crippen molar-refractivity contribution >= 4 is 15.9 Å². The highest BCUT2D eigenvalue weighted by molar-refractivity contribution is 7.89. The highest BCUT2D eigenvalue weighted by Gasteiger charge is 2.30. The van der Waals surface area contributed by atoms with Gasteiger partial charge in [0.1, 0.15) is 0 Å². The van der Waals surface area contributed by atoms with Gasteiger partial charge in [0, 0.05) is 25.6 Å². The van der Waals surface area contributed by atoms with Crippen LogP contribution in [0.2, 0.25) is 0 Å². The Hall–Kier alpha value is -1.40. The number of piperidine rings is 1. The molecule has 172 valence electrons. The Bertz CT molecular complexity index is 738. The van der Waals surface area contributed by atoms with Gasteiger partial charge < -0.3 is 5.32 Å². The molecule has 1 aromatic rings. The van der Waals surface area contributed by atoms with Gasteiger partial charge in [0.05, 0.1) is 4.90 Å². The maximum absolute atomic E-state index is 12.9. The zero-order chi connectivity index (χ0) is 20.0. The Labute approximate surface area is 184 Å². The molecule has 2 fully saturated rings. The number of amides is 1. The summed E-state index contributed by atoms with van der Waals surface area (Å²) in [4.78, 5) is 13.0. The molecule has 0 spiro atoms. The van der Waals surface area contributed by atoms with E-state index in [2.05, 4.69) is 5.32 Å². The van der Waals surface area contributed by atoms with Gasteiger partial charge in [0.2, 0.25) is 15.9 Å². The zero-order valence-electron chi connectivity index (χ0n) is 17.0. The van der Waals surface area contributed by atoms with E-state index in [4.69, 9.17) is 0 Å². The Morgan fingerprint density at radius 2 is 1.57 bits per heavy atom. The molecule has 0 bridgehead atoms. The number of carbonyl (C=O) groups excluding carboxylic acids is 1. The van der Waals surface area contributed by atoms with Gasteiger partial charge in [0.15, 0.2) is 0 Å². The van der Waals surface area contributed by atoms with E-state index in [0.29, 0.717) is 24.5 Å². The SMILES string of the molecule is C.C.Cc1ccc(S(=O)(=O)N2CCCC(CNC(=O)C3CCCCCCC3)C2)cc1. The van der Waals surface area contributed by atoms with Crippen molar-refractivity contribution in [2.75, 3.05) is 19.6 Å². The van der Waals surface area contributed by atoms with Crippen LogP contribution in [0.4, 0.5) is 0 Å². The fourth-order valence-corrected chi connectivity index (χ4v) is 5.93. The quantitative estimate of drug-likeness (QED) is 0.692. The third-order valence-electron chi connectivity index (χ3n) is 6.18. The molecule has 1 saturated carbocycles. The maximum Gasteiger partial charge on any atom is 0.243 e. The van der Waals surface area contributed by atoms with Gasteiger partial charge in [-0.1, -0.05) is 64.7 Å². The van der Waals surface area contributed by atoms with E-state index in [0.717, 1.165) is 44.1 Å². The van der Waals surface area contributed by atoms with Crippen LogP contribution in [0, 0.1) is 18.8 Å². The number of nitrogens with zero attached hydrogens (tertiary/aromatic N) is 1. The van der Waals surface area contributed by atoms with E-state index < -0.39 is 10.0 Å². The van der Waals surface area contributed by atoms with Crippen LogP contribution in [0.15, 0.2) is 29.2 Å². The third kappa shape index (κ3) is 7.09. The van der Waals surface area contributed by atoms with Crippen molar-refractivity contribution < 1.29 is 13.2 Å². The molecule has 0 radical (unpaired) electrons. The minimum absolute atomic E-state index is 0. The summed E-state index contributed by atoms with van der Waals surface area (Å²) in [5.74, 6) is 0.489. The lowest BCUT2D eigenvalue weighted by molar-refractivity contribution is -0.125. The topological polar surface area (TPSA) is 66.5 Å². The number of hydrogen-bond acceptors (Lipinski definition) is 3.